The van der Waals surface area contributed by atoms with Crippen molar-refractivity contribution in [1.82, 2.24) is 10.2 Å². The van der Waals surface area contributed by atoms with E-state index in [2.05, 4.69) is 12.2 Å². The number of benzene rings is 1. The number of hydrogen-bond donors (Lipinski definition) is 2. The highest BCUT2D eigenvalue weighted by Gasteiger charge is 2.45. The van der Waals surface area contributed by atoms with Gasteiger partial charge in [0.05, 0.1) is 0 Å². The Balaban J connectivity index is 1.84. The number of aryl methyl sites for hydroxylation is 1. The van der Waals surface area contributed by atoms with E-state index in [4.69, 9.17) is 0 Å². The summed E-state index contributed by atoms with van der Waals surface area (Å²) in [4.78, 5) is 14.8. The molecule has 0 radical (unpaired) electrons. The first-order valence-corrected chi connectivity index (χ1v) is 7.43. The fourth-order valence-electron chi connectivity index (χ4n) is 3.73. The predicted octanol–water partition coefficient (Wildman–Crippen LogP) is 1.77. The molecule has 3 atom stereocenters. The number of carbonyl (C=O) groups is 1. The van der Waals surface area contributed by atoms with Gasteiger partial charge in [-0.2, -0.15) is 0 Å². The largest absolute Gasteiger partial charge is 0.508 e. The van der Waals surface area contributed by atoms with Gasteiger partial charge in [-0.1, -0.05) is 6.92 Å². The first kappa shape index (κ1) is 13.4. The number of nitrogens with one attached hydrogen (secondary N) is 1. The molecule has 2 heterocycles. The summed E-state index contributed by atoms with van der Waals surface area (Å²) in [5.74, 6) is 1.55. The lowest BCUT2D eigenvalue weighted by Gasteiger charge is -2.27. The Bertz CT molecular complexity index is 529. The molecule has 0 spiro atoms. The van der Waals surface area contributed by atoms with Crippen molar-refractivity contribution in [3.05, 3.63) is 29.3 Å². The van der Waals surface area contributed by atoms with Crippen LogP contribution >= 0.6 is 0 Å². The van der Waals surface area contributed by atoms with Gasteiger partial charge in [0, 0.05) is 31.2 Å². The van der Waals surface area contributed by atoms with Crippen LogP contribution in [0.25, 0.3) is 0 Å². The van der Waals surface area contributed by atoms with Crippen molar-refractivity contribution in [2.45, 2.75) is 26.3 Å². The number of aromatic hydroxyl groups is 1. The van der Waals surface area contributed by atoms with Crippen LogP contribution in [0.1, 0.15) is 29.3 Å². The third-order valence-corrected chi connectivity index (χ3v) is 4.84. The van der Waals surface area contributed by atoms with Crippen molar-refractivity contribution in [2.75, 3.05) is 19.6 Å². The Morgan fingerprint density at radius 2 is 2.25 bits per heavy atom. The molecule has 1 amide bonds. The molecule has 20 heavy (non-hydrogen) atoms. The number of hydrogen-bond acceptors (Lipinski definition) is 3. The third-order valence-electron chi connectivity index (χ3n) is 4.84. The van der Waals surface area contributed by atoms with E-state index in [0.717, 1.165) is 31.6 Å². The van der Waals surface area contributed by atoms with Gasteiger partial charge in [-0.25, -0.2) is 0 Å². The molecule has 4 nitrogen and oxygen atoms in total. The first-order chi connectivity index (χ1) is 9.61. The van der Waals surface area contributed by atoms with Gasteiger partial charge in [-0.3, -0.25) is 4.79 Å². The number of carbonyl (C=O) groups excluding carboxylic acids is 1. The second-order valence-corrected chi connectivity index (χ2v) is 6.02. The summed E-state index contributed by atoms with van der Waals surface area (Å²) in [5, 5.41) is 13.0. The summed E-state index contributed by atoms with van der Waals surface area (Å²) in [7, 11) is 0. The van der Waals surface area contributed by atoms with Crippen LogP contribution in [0.4, 0.5) is 0 Å². The monoisotopic (exact) mass is 274 g/mol. The molecule has 1 aromatic carbocycles. The number of amides is 1. The predicted molar refractivity (Wildman–Crippen MR) is 77.8 cm³/mol. The Hall–Kier alpha value is -1.55. The molecule has 3 unspecified atom stereocenters. The van der Waals surface area contributed by atoms with E-state index in [1.54, 1.807) is 18.2 Å². The number of phenols is 1. The van der Waals surface area contributed by atoms with Gasteiger partial charge in [0.15, 0.2) is 0 Å². The number of likely N-dealkylation sites (tertiary alicyclic amines) is 1. The van der Waals surface area contributed by atoms with E-state index in [1.807, 2.05) is 11.8 Å². The fourth-order valence-corrected chi connectivity index (χ4v) is 3.73. The second-order valence-electron chi connectivity index (χ2n) is 6.02. The van der Waals surface area contributed by atoms with Gasteiger partial charge in [-0.05, 0) is 48.9 Å². The maximum Gasteiger partial charge on any atom is 0.254 e. The van der Waals surface area contributed by atoms with Crippen molar-refractivity contribution in [3.63, 3.8) is 0 Å². The fraction of sp³-hybridized carbons (Fsp3) is 0.562. The molecular formula is C16H22N2O2. The number of rotatable bonds is 2. The SMILES string of the molecule is CCC1C2CNCC2CN1C(=O)c1ccc(O)c(C)c1. The summed E-state index contributed by atoms with van der Waals surface area (Å²) in [5.41, 5.74) is 1.44. The van der Waals surface area contributed by atoms with Crippen LogP contribution in [0.15, 0.2) is 18.2 Å². The van der Waals surface area contributed by atoms with E-state index < -0.39 is 0 Å². The number of nitrogens with zero attached hydrogens (tertiary/aromatic N) is 1. The van der Waals surface area contributed by atoms with E-state index >= 15 is 0 Å². The minimum atomic E-state index is 0.106. The van der Waals surface area contributed by atoms with E-state index in [-0.39, 0.29) is 11.7 Å². The van der Waals surface area contributed by atoms with E-state index in [1.165, 1.54) is 0 Å². The molecule has 2 fully saturated rings. The smallest absolute Gasteiger partial charge is 0.254 e. The van der Waals surface area contributed by atoms with Crippen molar-refractivity contribution in [3.8, 4) is 5.75 Å². The van der Waals surface area contributed by atoms with Crippen molar-refractivity contribution in [2.24, 2.45) is 11.8 Å². The van der Waals surface area contributed by atoms with Crippen molar-refractivity contribution >= 4 is 5.91 Å². The van der Waals surface area contributed by atoms with Crippen LogP contribution < -0.4 is 5.32 Å². The molecule has 2 N–H and O–H groups in total. The zero-order valence-corrected chi connectivity index (χ0v) is 12.1. The van der Waals surface area contributed by atoms with E-state index in [0.29, 0.717) is 23.4 Å². The highest BCUT2D eigenvalue weighted by molar-refractivity contribution is 5.95. The summed E-state index contributed by atoms with van der Waals surface area (Å²) in [6, 6.07) is 5.47. The molecule has 3 rings (SSSR count). The Kier molecular flexibility index (Phi) is 3.42. The van der Waals surface area contributed by atoms with Gasteiger partial charge >= 0.3 is 0 Å². The third kappa shape index (κ3) is 2.08. The highest BCUT2D eigenvalue weighted by Crippen LogP contribution is 2.35. The quantitative estimate of drug-likeness (QED) is 0.864. The minimum absolute atomic E-state index is 0.106. The maximum atomic E-state index is 12.7. The number of fused-ring (bicyclic) bond motifs is 1. The Labute approximate surface area is 119 Å². The average Bonchev–Trinajstić information content (AvgIpc) is 3.01. The molecule has 108 valence electrons. The maximum absolute atomic E-state index is 12.7. The van der Waals surface area contributed by atoms with Crippen LogP contribution in [0.5, 0.6) is 5.75 Å². The summed E-state index contributed by atoms with van der Waals surface area (Å²) < 4.78 is 0. The molecular weight excluding hydrogens is 252 g/mol. The van der Waals surface area contributed by atoms with Crippen molar-refractivity contribution < 1.29 is 9.90 Å². The summed E-state index contributed by atoms with van der Waals surface area (Å²) in [6.07, 6.45) is 1.01. The lowest BCUT2D eigenvalue weighted by atomic mass is 9.93. The van der Waals surface area contributed by atoms with Gasteiger partial charge in [0.1, 0.15) is 5.75 Å². The number of phenolic OH excluding ortho intramolecular Hbond substituents is 1. The lowest BCUT2D eigenvalue weighted by molar-refractivity contribution is 0.0711. The van der Waals surface area contributed by atoms with Crippen molar-refractivity contribution in [1.29, 1.82) is 0 Å². The van der Waals surface area contributed by atoms with Crippen LogP contribution in [-0.2, 0) is 0 Å². The molecule has 0 saturated carbocycles. The normalized spacial score (nSPS) is 28.7. The van der Waals surface area contributed by atoms with E-state index in [9.17, 15) is 9.90 Å². The zero-order valence-electron chi connectivity index (χ0n) is 12.1. The first-order valence-electron chi connectivity index (χ1n) is 7.43. The van der Waals surface area contributed by atoms with Crippen LogP contribution in [0, 0.1) is 18.8 Å². The molecule has 0 bridgehead atoms. The summed E-state index contributed by atoms with van der Waals surface area (Å²) >= 11 is 0. The summed E-state index contributed by atoms with van der Waals surface area (Å²) in [6.45, 7) is 6.90. The van der Waals surface area contributed by atoms with Gasteiger partial charge in [0.25, 0.3) is 5.91 Å². The molecule has 2 aliphatic heterocycles. The van der Waals surface area contributed by atoms with Crippen LogP contribution in [-0.4, -0.2) is 41.6 Å². The highest BCUT2D eigenvalue weighted by atomic mass is 16.3. The Morgan fingerprint density at radius 1 is 1.45 bits per heavy atom. The van der Waals surface area contributed by atoms with Gasteiger partial charge in [0.2, 0.25) is 0 Å². The molecule has 0 aromatic heterocycles. The average molecular weight is 274 g/mol. The molecule has 2 aliphatic rings. The van der Waals surface area contributed by atoms with Gasteiger partial charge < -0.3 is 15.3 Å². The zero-order chi connectivity index (χ0) is 14.3. The topological polar surface area (TPSA) is 52.6 Å². The van der Waals surface area contributed by atoms with Crippen LogP contribution in [0.3, 0.4) is 0 Å². The lowest BCUT2D eigenvalue weighted by Crippen LogP contribution is -2.39. The standard InChI is InChI=1S/C16H22N2O2/c1-3-14-13-8-17-7-12(13)9-18(14)16(20)11-4-5-15(19)10(2)6-11/h4-6,12-14,17,19H,3,7-9H2,1-2H3. The Morgan fingerprint density at radius 3 is 2.95 bits per heavy atom. The molecule has 1 aromatic rings. The van der Waals surface area contributed by atoms with Crippen LogP contribution in [0.2, 0.25) is 0 Å². The minimum Gasteiger partial charge on any atom is -0.508 e. The van der Waals surface area contributed by atoms with Gasteiger partial charge in [-0.15, -0.1) is 0 Å². The molecule has 4 heteroatoms. The molecule has 0 aliphatic carbocycles. The molecule has 2 saturated heterocycles. The second kappa shape index (κ2) is 5.09.